The number of benzene rings is 2. The van der Waals surface area contributed by atoms with Gasteiger partial charge in [-0.1, -0.05) is 12.1 Å². The Kier molecular flexibility index (Phi) is 5.06. The summed E-state index contributed by atoms with van der Waals surface area (Å²) in [6.07, 6.45) is 0. The molecule has 3 heterocycles. The van der Waals surface area contributed by atoms with E-state index < -0.39 is 4.92 Å². The van der Waals surface area contributed by atoms with Crippen molar-refractivity contribution in [1.29, 1.82) is 0 Å². The number of rotatable bonds is 3. The minimum absolute atomic E-state index is 0.0864. The Morgan fingerprint density at radius 2 is 1.69 bits per heavy atom. The Hall–Kier alpha value is -3.79. The Labute approximate surface area is 184 Å². The number of para-hydroxylation sites is 2. The zero-order valence-electron chi connectivity index (χ0n) is 17.6. The number of ether oxygens (including phenoxy) is 1. The molecule has 10 heteroatoms. The highest BCUT2D eigenvalue weighted by Gasteiger charge is 2.31. The zero-order chi connectivity index (χ0) is 22.2. The lowest BCUT2D eigenvalue weighted by Crippen LogP contribution is -2.43. The standard InChI is InChI=1S/C22H22N6O4/c1-25-8-9-27(21-20(25)23-16-4-2-3-5-17(16)24-21)22(29)15-6-7-18(19(14-15)28(30)31)26-10-12-32-13-11-26/h2-7,14H,8-13H2,1H3. The van der Waals surface area contributed by atoms with Crippen molar-refractivity contribution >= 4 is 40.0 Å². The number of hydrogen-bond donors (Lipinski definition) is 0. The van der Waals surface area contributed by atoms with Gasteiger partial charge in [0.15, 0.2) is 11.6 Å². The Morgan fingerprint density at radius 3 is 2.38 bits per heavy atom. The number of anilines is 3. The smallest absolute Gasteiger partial charge is 0.293 e. The molecule has 2 aromatic carbocycles. The molecule has 5 rings (SSSR count). The zero-order valence-corrected chi connectivity index (χ0v) is 17.6. The second kappa shape index (κ2) is 8.04. The van der Waals surface area contributed by atoms with Crippen LogP contribution in [0.5, 0.6) is 0 Å². The maximum atomic E-state index is 13.5. The van der Waals surface area contributed by atoms with Crippen LogP contribution in [0.25, 0.3) is 11.0 Å². The Bertz CT molecular complexity index is 1210. The van der Waals surface area contributed by atoms with E-state index >= 15 is 0 Å². The third-order valence-electron chi connectivity index (χ3n) is 5.83. The highest BCUT2D eigenvalue weighted by atomic mass is 16.6. The van der Waals surface area contributed by atoms with Gasteiger partial charge in [-0.3, -0.25) is 19.8 Å². The van der Waals surface area contributed by atoms with Crippen molar-refractivity contribution in [2.24, 2.45) is 0 Å². The molecule has 0 radical (unpaired) electrons. The summed E-state index contributed by atoms with van der Waals surface area (Å²) in [4.78, 5) is 39.6. The maximum Gasteiger partial charge on any atom is 0.293 e. The summed E-state index contributed by atoms with van der Waals surface area (Å²) in [5.74, 6) is 0.741. The highest BCUT2D eigenvalue weighted by Crippen LogP contribution is 2.34. The van der Waals surface area contributed by atoms with Gasteiger partial charge in [-0.25, -0.2) is 9.97 Å². The van der Waals surface area contributed by atoms with Crippen LogP contribution in [0, 0.1) is 10.1 Å². The van der Waals surface area contributed by atoms with E-state index in [1.54, 1.807) is 17.0 Å². The first kappa shape index (κ1) is 20.1. The number of carbonyl (C=O) groups excluding carboxylic acids is 1. The van der Waals surface area contributed by atoms with Gasteiger partial charge in [0, 0.05) is 44.9 Å². The van der Waals surface area contributed by atoms with Gasteiger partial charge in [0.2, 0.25) is 0 Å². The normalized spacial score (nSPS) is 16.2. The average molecular weight is 434 g/mol. The highest BCUT2D eigenvalue weighted by molar-refractivity contribution is 6.08. The van der Waals surface area contributed by atoms with Gasteiger partial charge >= 0.3 is 0 Å². The predicted molar refractivity (Wildman–Crippen MR) is 121 cm³/mol. The van der Waals surface area contributed by atoms with Crippen molar-refractivity contribution < 1.29 is 14.5 Å². The number of nitrogens with zero attached hydrogens (tertiary/aromatic N) is 6. The van der Waals surface area contributed by atoms with E-state index in [4.69, 9.17) is 4.74 Å². The third kappa shape index (κ3) is 3.48. The molecule has 0 saturated carbocycles. The lowest BCUT2D eigenvalue weighted by molar-refractivity contribution is -0.384. The maximum absolute atomic E-state index is 13.5. The van der Waals surface area contributed by atoms with Crippen LogP contribution in [0.2, 0.25) is 0 Å². The molecule has 3 aromatic rings. The fourth-order valence-corrected chi connectivity index (χ4v) is 4.11. The van der Waals surface area contributed by atoms with Gasteiger partial charge in [-0.15, -0.1) is 0 Å². The van der Waals surface area contributed by atoms with E-state index in [9.17, 15) is 14.9 Å². The van der Waals surface area contributed by atoms with E-state index in [0.717, 1.165) is 5.52 Å². The summed E-state index contributed by atoms with van der Waals surface area (Å²) < 4.78 is 5.35. The molecule has 0 N–H and O–H groups in total. The van der Waals surface area contributed by atoms with Gasteiger partial charge in [0.05, 0.1) is 29.2 Å². The SMILES string of the molecule is CN1CCN(C(=O)c2ccc(N3CCOCC3)c([N+](=O)[O-])c2)c2nc3ccccc3nc21. The molecule has 0 aliphatic carbocycles. The van der Waals surface area contributed by atoms with Crippen molar-refractivity contribution in [2.75, 3.05) is 61.1 Å². The molecular formula is C22H22N6O4. The van der Waals surface area contributed by atoms with E-state index in [2.05, 4.69) is 9.97 Å². The summed E-state index contributed by atoms with van der Waals surface area (Å²) in [6, 6.07) is 12.2. The van der Waals surface area contributed by atoms with E-state index in [0.29, 0.717) is 62.2 Å². The van der Waals surface area contributed by atoms with Crippen LogP contribution in [-0.2, 0) is 4.74 Å². The van der Waals surface area contributed by atoms with Crippen LogP contribution in [0.3, 0.4) is 0 Å². The van der Waals surface area contributed by atoms with Gasteiger partial charge in [0.25, 0.3) is 11.6 Å². The number of nitro benzene ring substituents is 1. The first-order valence-electron chi connectivity index (χ1n) is 10.4. The Morgan fingerprint density at radius 1 is 1.00 bits per heavy atom. The molecule has 2 aliphatic rings. The topological polar surface area (TPSA) is 105 Å². The number of nitro groups is 1. The Balaban J connectivity index is 1.53. The summed E-state index contributed by atoms with van der Waals surface area (Å²) in [6.45, 7) is 3.17. The fourth-order valence-electron chi connectivity index (χ4n) is 4.11. The molecule has 2 aliphatic heterocycles. The van der Waals surface area contributed by atoms with Crippen LogP contribution < -0.4 is 14.7 Å². The fraction of sp³-hybridized carbons (Fsp3) is 0.318. The lowest BCUT2D eigenvalue weighted by atomic mass is 10.1. The van der Waals surface area contributed by atoms with Crippen molar-refractivity contribution in [3.05, 3.63) is 58.1 Å². The largest absolute Gasteiger partial charge is 0.378 e. The van der Waals surface area contributed by atoms with Crippen LogP contribution in [0.15, 0.2) is 42.5 Å². The molecular weight excluding hydrogens is 412 g/mol. The summed E-state index contributed by atoms with van der Waals surface area (Å²) in [5.41, 5.74) is 2.10. The van der Waals surface area contributed by atoms with Gasteiger partial charge in [-0.2, -0.15) is 0 Å². The molecule has 0 spiro atoms. The molecule has 0 atom stereocenters. The van der Waals surface area contributed by atoms with Crippen LogP contribution in [0.1, 0.15) is 10.4 Å². The number of fused-ring (bicyclic) bond motifs is 2. The molecule has 1 aromatic heterocycles. The first-order chi connectivity index (χ1) is 15.5. The molecule has 1 amide bonds. The van der Waals surface area contributed by atoms with Crippen LogP contribution >= 0.6 is 0 Å². The van der Waals surface area contributed by atoms with Crippen LogP contribution in [-0.4, -0.2) is 67.2 Å². The number of morpholine rings is 1. The van der Waals surface area contributed by atoms with E-state index in [1.165, 1.54) is 6.07 Å². The predicted octanol–water partition coefficient (Wildman–Crippen LogP) is 2.47. The second-order valence-electron chi connectivity index (χ2n) is 7.80. The number of aromatic nitrogens is 2. The van der Waals surface area contributed by atoms with Crippen molar-refractivity contribution in [1.82, 2.24) is 9.97 Å². The van der Waals surface area contributed by atoms with Gasteiger partial charge in [0.1, 0.15) is 5.69 Å². The molecule has 1 saturated heterocycles. The summed E-state index contributed by atoms with van der Waals surface area (Å²) in [5, 5.41) is 11.8. The van der Waals surface area contributed by atoms with Crippen molar-refractivity contribution in [3.8, 4) is 0 Å². The third-order valence-corrected chi connectivity index (χ3v) is 5.83. The quantitative estimate of drug-likeness (QED) is 0.457. The first-order valence-corrected chi connectivity index (χ1v) is 10.4. The van der Waals surface area contributed by atoms with Gasteiger partial charge in [-0.05, 0) is 24.3 Å². The molecule has 0 bridgehead atoms. The second-order valence-corrected chi connectivity index (χ2v) is 7.80. The van der Waals surface area contributed by atoms with Crippen molar-refractivity contribution in [3.63, 3.8) is 0 Å². The number of amides is 1. The number of likely N-dealkylation sites (N-methyl/N-ethyl adjacent to an activating group) is 1. The molecule has 1 fully saturated rings. The van der Waals surface area contributed by atoms with Crippen molar-refractivity contribution in [2.45, 2.75) is 0 Å². The van der Waals surface area contributed by atoms with E-state index in [-0.39, 0.29) is 17.2 Å². The molecule has 10 nitrogen and oxygen atoms in total. The summed E-state index contributed by atoms with van der Waals surface area (Å²) >= 11 is 0. The van der Waals surface area contributed by atoms with Crippen LogP contribution in [0.4, 0.5) is 23.0 Å². The molecule has 0 unspecified atom stereocenters. The summed E-state index contributed by atoms with van der Waals surface area (Å²) in [7, 11) is 1.91. The number of hydrogen-bond acceptors (Lipinski definition) is 8. The average Bonchev–Trinajstić information content (AvgIpc) is 2.83. The van der Waals surface area contributed by atoms with Gasteiger partial charge < -0.3 is 14.5 Å². The molecule has 164 valence electrons. The monoisotopic (exact) mass is 434 g/mol. The number of carbonyl (C=O) groups is 1. The minimum atomic E-state index is -0.438. The minimum Gasteiger partial charge on any atom is -0.378 e. The lowest BCUT2D eigenvalue weighted by Gasteiger charge is -2.34. The van der Waals surface area contributed by atoms with E-state index in [1.807, 2.05) is 41.1 Å². The molecule has 32 heavy (non-hydrogen) atoms.